The second kappa shape index (κ2) is 11.3. The number of hydrogen-bond donors (Lipinski definition) is 3. The van der Waals surface area contributed by atoms with Gasteiger partial charge >= 0.3 is 0 Å². The van der Waals surface area contributed by atoms with Crippen LogP contribution in [0.2, 0.25) is 0 Å². The molecule has 9 nitrogen and oxygen atoms in total. The number of rotatable bonds is 9. The Morgan fingerprint density at radius 2 is 2.08 bits per heavy atom. The van der Waals surface area contributed by atoms with Crippen LogP contribution in [-0.4, -0.2) is 57.2 Å². The Labute approximate surface area is 212 Å². The maximum atomic E-state index is 12.7. The lowest BCUT2D eigenvalue weighted by atomic mass is 9.96. The maximum absolute atomic E-state index is 12.7. The Morgan fingerprint density at radius 1 is 1.19 bits per heavy atom. The van der Waals surface area contributed by atoms with Crippen LogP contribution >= 0.6 is 0 Å². The first kappa shape index (κ1) is 24.6. The van der Waals surface area contributed by atoms with E-state index in [1.807, 2.05) is 18.3 Å². The van der Waals surface area contributed by atoms with Gasteiger partial charge in [0.15, 0.2) is 11.4 Å². The Balaban J connectivity index is 1.32. The Hall–Kier alpha value is -3.04. The third kappa shape index (κ3) is 5.84. The first-order chi connectivity index (χ1) is 17.6. The number of fused-ring (bicyclic) bond motifs is 1. The largest absolute Gasteiger partial charge is 0.379 e. The number of ether oxygens (including phenoxy) is 1. The number of benzene rings is 1. The summed E-state index contributed by atoms with van der Waals surface area (Å²) in [6.45, 7) is 7.26. The van der Waals surface area contributed by atoms with Crippen LogP contribution in [0.5, 0.6) is 0 Å². The first-order valence-electron chi connectivity index (χ1n) is 13.2. The Kier molecular flexibility index (Phi) is 7.77. The minimum Gasteiger partial charge on any atom is -0.379 e. The van der Waals surface area contributed by atoms with Gasteiger partial charge < -0.3 is 20.7 Å². The van der Waals surface area contributed by atoms with E-state index >= 15 is 0 Å². The van der Waals surface area contributed by atoms with Gasteiger partial charge in [0, 0.05) is 25.1 Å². The summed E-state index contributed by atoms with van der Waals surface area (Å²) in [5.74, 6) is 1.79. The van der Waals surface area contributed by atoms with E-state index in [4.69, 9.17) is 14.7 Å². The molecule has 2 aromatic heterocycles. The molecule has 0 aliphatic carbocycles. The van der Waals surface area contributed by atoms with E-state index in [9.17, 15) is 4.79 Å². The number of ketones is 1. The highest BCUT2D eigenvalue weighted by Crippen LogP contribution is 2.23. The van der Waals surface area contributed by atoms with Gasteiger partial charge in [-0.1, -0.05) is 44.5 Å². The van der Waals surface area contributed by atoms with Crippen molar-refractivity contribution < 1.29 is 9.53 Å². The molecule has 0 radical (unpaired) electrons. The second-order valence-electron chi connectivity index (χ2n) is 10.2. The van der Waals surface area contributed by atoms with E-state index in [-0.39, 0.29) is 17.9 Å². The lowest BCUT2D eigenvalue weighted by Gasteiger charge is -2.23. The van der Waals surface area contributed by atoms with Gasteiger partial charge in [0.1, 0.15) is 0 Å². The first-order valence-corrected chi connectivity index (χ1v) is 13.2. The number of Topliss-reactive ketones (excluding diaryl/α,β-unsaturated/α-hetero) is 1. The van der Waals surface area contributed by atoms with Crippen molar-refractivity contribution in [2.24, 2.45) is 0 Å². The zero-order valence-electron chi connectivity index (χ0n) is 21.3. The third-order valence-corrected chi connectivity index (χ3v) is 7.03. The van der Waals surface area contributed by atoms with Gasteiger partial charge in [-0.05, 0) is 49.3 Å². The van der Waals surface area contributed by atoms with E-state index in [0.29, 0.717) is 37.4 Å². The van der Waals surface area contributed by atoms with E-state index in [2.05, 4.69) is 47.0 Å². The second-order valence-corrected chi connectivity index (χ2v) is 10.2. The average Bonchev–Trinajstić information content (AvgIpc) is 3.33. The van der Waals surface area contributed by atoms with Crippen LogP contribution in [0, 0.1) is 0 Å². The molecule has 2 aliphatic rings. The van der Waals surface area contributed by atoms with E-state index in [1.165, 1.54) is 0 Å². The number of nitrogens with zero attached hydrogens (tertiary/aromatic N) is 4. The van der Waals surface area contributed by atoms with Crippen LogP contribution < -0.4 is 16.0 Å². The summed E-state index contributed by atoms with van der Waals surface area (Å²) in [5.41, 5.74) is 4.02. The van der Waals surface area contributed by atoms with E-state index < -0.39 is 0 Å². The molecular formula is C27H37N7O2. The summed E-state index contributed by atoms with van der Waals surface area (Å²) in [4.78, 5) is 22.3. The molecule has 3 N–H and O–H groups in total. The van der Waals surface area contributed by atoms with Crippen LogP contribution in [0.1, 0.15) is 68.6 Å². The van der Waals surface area contributed by atoms with Crippen molar-refractivity contribution in [3.8, 4) is 0 Å². The number of piperidine rings is 1. The summed E-state index contributed by atoms with van der Waals surface area (Å²) in [6.07, 6.45) is 7.62. The van der Waals surface area contributed by atoms with Crippen LogP contribution in [0.25, 0.3) is 5.65 Å². The summed E-state index contributed by atoms with van der Waals surface area (Å²) < 4.78 is 7.40. The quantitative estimate of drug-likeness (QED) is 0.416. The number of aromatic nitrogens is 4. The minimum atomic E-state index is -0.00899. The van der Waals surface area contributed by atoms with E-state index in [1.54, 1.807) is 4.52 Å². The van der Waals surface area contributed by atoms with Gasteiger partial charge in [-0.2, -0.15) is 19.6 Å². The van der Waals surface area contributed by atoms with Gasteiger partial charge in [0.05, 0.1) is 24.9 Å². The fourth-order valence-corrected chi connectivity index (χ4v) is 5.00. The number of carbonyl (C=O) groups is 1. The molecule has 0 spiro atoms. The van der Waals surface area contributed by atoms with Crippen molar-refractivity contribution >= 4 is 23.3 Å². The zero-order valence-corrected chi connectivity index (χ0v) is 21.3. The molecule has 2 saturated heterocycles. The van der Waals surface area contributed by atoms with Crippen LogP contribution in [0.3, 0.4) is 0 Å². The van der Waals surface area contributed by atoms with Gasteiger partial charge in [-0.25, -0.2) is 0 Å². The van der Waals surface area contributed by atoms with E-state index in [0.717, 1.165) is 67.6 Å². The molecule has 1 unspecified atom stereocenters. The standard InChI is InChI=1S/C27H37N7O2/c1-18(2)22-16-30-34-25(22)32-26(31-21-9-6-12-36-17-21)33-27(34)29-15-20-8-5-7-19(13-20)14-24(35)23-10-3-4-11-28-23/h5,7-8,13,16,18,21,23,28H,3-4,6,9-12,14-15,17H2,1-2H3,(H2,29,31,32,33)/t21-,23?/m0/s1. The number of hydrogen-bond acceptors (Lipinski definition) is 8. The monoisotopic (exact) mass is 491 g/mol. The molecule has 1 aromatic carbocycles. The molecule has 2 atom stereocenters. The molecule has 3 aromatic rings. The number of nitrogens with one attached hydrogen (secondary N) is 3. The summed E-state index contributed by atoms with van der Waals surface area (Å²) in [7, 11) is 0. The molecule has 0 bridgehead atoms. The predicted molar refractivity (Wildman–Crippen MR) is 140 cm³/mol. The SMILES string of the molecule is CC(C)c1cnn2c(NCc3cccc(CC(=O)C4CCCCN4)c3)nc(N[C@H]3CCCOC3)nc12. The number of anilines is 2. The van der Waals surface area contributed by atoms with Crippen LogP contribution in [-0.2, 0) is 22.5 Å². The summed E-state index contributed by atoms with van der Waals surface area (Å²) in [6, 6.07) is 8.42. The highest BCUT2D eigenvalue weighted by molar-refractivity contribution is 5.86. The topological polar surface area (TPSA) is 105 Å². The predicted octanol–water partition coefficient (Wildman–Crippen LogP) is 3.70. The lowest BCUT2D eigenvalue weighted by molar-refractivity contribution is -0.120. The van der Waals surface area contributed by atoms with Gasteiger partial charge in [0.2, 0.25) is 11.9 Å². The fourth-order valence-electron chi connectivity index (χ4n) is 5.00. The maximum Gasteiger partial charge on any atom is 0.229 e. The molecular weight excluding hydrogens is 454 g/mol. The molecule has 0 amide bonds. The molecule has 2 fully saturated rings. The molecule has 5 rings (SSSR count). The zero-order chi connectivity index (χ0) is 24.9. The molecule has 2 aliphatic heterocycles. The van der Waals surface area contributed by atoms with Crippen molar-refractivity contribution in [1.29, 1.82) is 0 Å². The molecule has 0 saturated carbocycles. The fraction of sp³-hybridized carbons (Fsp3) is 0.556. The van der Waals surface area contributed by atoms with Crippen molar-refractivity contribution in [2.45, 2.75) is 76.9 Å². The smallest absolute Gasteiger partial charge is 0.229 e. The average molecular weight is 492 g/mol. The Morgan fingerprint density at radius 3 is 2.86 bits per heavy atom. The lowest BCUT2D eigenvalue weighted by Crippen LogP contribution is -2.41. The summed E-state index contributed by atoms with van der Waals surface area (Å²) in [5, 5.41) is 14.9. The normalized spacial score (nSPS) is 20.5. The number of carbonyl (C=O) groups excluding carboxylic acids is 1. The molecule has 9 heteroatoms. The van der Waals surface area contributed by atoms with Crippen LogP contribution in [0.15, 0.2) is 30.5 Å². The van der Waals surface area contributed by atoms with Gasteiger partial charge in [0.25, 0.3) is 0 Å². The van der Waals surface area contributed by atoms with Gasteiger partial charge in [-0.15, -0.1) is 0 Å². The van der Waals surface area contributed by atoms with Crippen LogP contribution in [0.4, 0.5) is 11.9 Å². The highest BCUT2D eigenvalue weighted by Gasteiger charge is 2.21. The highest BCUT2D eigenvalue weighted by atomic mass is 16.5. The Bertz CT molecular complexity index is 1180. The van der Waals surface area contributed by atoms with Crippen molar-refractivity contribution in [2.75, 3.05) is 30.4 Å². The molecule has 4 heterocycles. The minimum absolute atomic E-state index is 0.00899. The molecule has 192 valence electrons. The van der Waals surface area contributed by atoms with Gasteiger partial charge in [-0.3, -0.25) is 4.79 Å². The third-order valence-electron chi connectivity index (χ3n) is 7.03. The molecule has 36 heavy (non-hydrogen) atoms. The van der Waals surface area contributed by atoms with Crippen molar-refractivity contribution in [3.05, 3.63) is 47.2 Å². The summed E-state index contributed by atoms with van der Waals surface area (Å²) >= 11 is 0. The van der Waals surface area contributed by atoms with Crippen molar-refractivity contribution in [1.82, 2.24) is 24.9 Å². The van der Waals surface area contributed by atoms with Crippen molar-refractivity contribution in [3.63, 3.8) is 0 Å².